The van der Waals surface area contributed by atoms with Crippen molar-refractivity contribution in [3.63, 3.8) is 0 Å². The summed E-state index contributed by atoms with van der Waals surface area (Å²) in [5.74, 6) is 0. The first-order valence-electron chi connectivity index (χ1n) is 6.66. The van der Waals surface area contributed by atoms with E-state index in [0.717, 1.165) is 24.8 Å². The summed E-state index contributed by atoms with van der Waals surface area (Å²) < 4.78 is 5.57. The van der Waals surface area contributed by atoms with Gasteiger partial charge in [0.15, 0.2) is 0 Å². The standard InChI is InChI=1S/C16H16ClNOS.ClH/c17-12-5-7-13(8-6-12)20-16-4-2-1-3-14(16)15-11-19-10-9-18-15;/h1-8,15,18H,9-11H2;1H/t15-;/m0./s1. The molecule has 0 radical (unpaired) electrons. The van der Waals surface area contributed by atoms with Crippen molar-refractivity contribution in [2.75, 3.05) is 19.8 Å². The van der Waals surface area contributed by atoms with Crippen LogP contribution in [0.4, 0.5) is 0 Å². The van der Waals surface area contributed by atoms with E-state index in [1.807, 2.05) is 12.1 Å². The van der Waals surface area contributed by atoms with Crippen LogP contribution in [-0.4, -0.2) is 19.8 Å². The number of ether oxygens (including phenoxy) is 1. The largest absolute Gasteiger partial charge is 0.378 e. The summed E-state index contributed by atoms with van der Waals surface area (Å²) >= 11 is 7.69. The molecule has 2 aromatic rings. The number of hydrogen-bond donors (Lipinski definition) is 1. The number of morpholine rings is 1. The summed E-state index contributed by atoms with van der Waals surface area (Å²) in [5.41, 5.74) is 1.30. The molecule has 1 aliphatic rings. The normalized spacial score (nSPS) is 18.0. The van der Waals surface area contributed by atoms with Gasteiger partial charge in [-0.1, -0.05) is 41.6 Å². The van der Waals surface area contributed by atoms with Gasteiger partial charge >= 0.3 is 0 Å². The Hall–Kier alpha value is -0.710. The molecule has 2 aromatic carbocycles. The minimum Gasteiger partial charge on any atom is -0.378 e. The zero-order chi connectivity index (χ0) is 13.8. The molecular weight excluding hydrogens is 325 g/mol. The van der Waals surface area contributed by atoms with E-state index in [-0.39, 0.29) is 18.4 Å². The van der Waals surface area contributed by atoms with Crippen LogP contribution in [0.15, 0.2) is 58.3 Å². The Balaban J connectivity index is 0.00000161. The van der Waals surface area contributed by atoms with Crippen LogP contribution in [-0.2, 0) is 4.74 Å². The number of halogens is 2. The van der Waals surface area contributed by atoms with E-state index in [4.69, 9.17) is 16.3 Å². The lowest BCUT2D eigenvalue weighted by atomic mass is 10.1. The van der Waals surface area contributed by atoms with Gasteiger partial charge in [-0.25, -0.2) is 0 Å². The van der Waals surface area contributed by atoms with Gasteiger partial charge in [0, 0.05) is 21.4 Å². The maximum Gasteiger partial charge on any atom is 0.0662 e. The minimum absolute atomic E-state index is 0. The topological polar surface area (TPSA) is 21.3 Å². The molecule has 3 rings (SSSR count). The maximum absolute atomic E-state index is 5.93. The Labute approximate surface area is 140 Å². The Bertz CT molecular complexity index is 571. The fourth-order valence-corrected chi connectivity index (χ4v) is 3.38. The van der Waals surface area contributed by atoms with Gasteiger partial charge in [0.1, 0.15) is 0 Å². The Kier molecular flexibility index (Phi) is 6.40. The molecule has 2 nitrogen and oxygen atoms in total. The van der Waals surface area contributed by atoms with Crippen LogP contribution in [0.25, 0.3) is 0 Å². The monoisotopic (exact) mass is 341 g/mol. The summed E-state index contributed by atoms with van der Waals surface area (Å²) in [7, 11) is 0. The molecular formula is C16H17Cl2NOS. The molecule has 1 atom stereocenters. The summed E-state index contributed by atoms with van der Waals surface area (Å²) in [5, 5.41) is 4.28. The number of nitrogens with one attached hydrogen (secondary N) is 1. The second kappa shape index (κ2) is 8.06. The molecule has 1 fully saturated rings. The van der Waals surface area contributed by atoms with Crippen LogP contribution in [0.2, 0.25) is 5.02 Å². The fraction of sp³-hybridized carbons (Fsp3) is 0.250. The molecule has 0 bridgehead atoms. The van der Waals surface area contributed by atoms with Crippen molar-refractivity contribution in [1.82, 2.24) is 5.32 Å². The van der Waals surface area contributed by atoms with Gasteiger partial charge in [-0.15, -0.1) is 12.4 Å². The molecule has 0 unspecified atom stereocenters. The van der Waals surface area contributed by atoms with Crippen LogP contribution in [0.1, 0.15) is 11.6 Å². The fourth-order valence-electron chi connectivity index (χ4n) is 2.26. The molecule has 0 aromatic heterocycles. The molecule has 1 heterocycles. The van der Waals surface area contributed by atoms with E-state index >= 15 is 0 Å². The zero-order valence-corrected chi connectivity index (χ0v) is 13.8. The van der Waals surface area contributed by atoms with Crippen LogP contribution in [0.3, 0.4) is 0 Å². The van der Waals surface area contributed by atoms with Crippen molar-refractivity contribution < 1.29 is 4.74 Å². The lowest BCUT2D eigenvalue weighted by Crippen LogP contribution is -2.34. The molecule has 0 saturated carbocycles. The highest BCUT2D eigenvalue weighted by Crippen LogP contribution is 2.34. The van der Waals surface area contributed by atoms with Crippen molar-refractivity contribution in [3.05, 3.63) is 59.1 Å². The first kappa shape index (κ1) is 16.7. The molecule has 1 saturated heterocycles. The highest BCUT2D eigenvalue weighted by molar-refractivity contribution is 7.99. The van der Waals surface area contributed by atoms with E-state index in [1.165, 1.54) is 15.4 Å². The van der Waals surface area contributed by atoms with Gasteiger partial charge in [0.2, 0.25) is 0 Å². The van der Waals surface area contributed by atoms with Gasteiger partial charge < -0.3 is 10.1 Å². The first-order chi connectivity index (χ1) is 9.83. The van der Waals surface area contributed by atoms with Crippen molar-refractivity contribution >= 4 is 35.8 Å². The molecule has 0 amide bonds. The average Bonchev–Trinajstić information content (AvgIpc) is 2.51. The predicted molar refractivity (Wildman–Crippen MR) is 90.8 cm³/mol. The van der Waals surface area contributed by atoms with Gasteiger partial charge in [0.05, 0.1) is 19.3 Å². The van der Waals surface area contributed by atoms with E-state index in [1.54, 1.807) is 11.8 Å². The molecule has 1 aliphatic heterocycles. The van der Waals surface area contributed by atoms with Crippen molar-refractivity contribution in [3.8, 4) is 0 Å². The van der Waals surface area contributed by atoms with Gasteiger partial charge in [0.25, 0.3) is 0 Å². The quantitative estimate of drug-likeness (QED) is 0.883. The van der Waals surface area contributed by atoms with E-state index < -0.39 is 0 Å². The van der Waals surface area contributed by atoms with Crippen LogP contribution in [0, 0.1) is 0 Å². The van der Waals surface area contributed by atoms with Gasteiger partial charge in [-0.3, -0.25) is 0 Å². The second-order valence-corrected chi connectivity index (χ2v) is 6.23. The van der Waals surface area contributed by atoms with E-state index in [9.17, 15) is 0 Å². The number of benzene rings is 2. The number of hydrogen-bond acceptors (Lipinski definition) is 3. The highest BCUT2D eigenvalue weighted by atomic mass is 35.5. The zero-order valence-electron chi connectivity index (χ0n) is 11.4. The summed E-state index contributed by atoms with van der Waals surface area (Å²) in [4.78, 5) is 2.46. The third-order valence-corrected chi connectivity index (χ3v) is 4.61. The Morgan fingerprint density at radius 3 is 2.57 bits per heavy atom. The maximum atomic E-state index is 5.93. The molecule has 21 heavy (non-hydrogen) atoms. The molecule has 112 valence electrons. The van der Waals surface area contributed by atoms with Crippen molar-refractivity contribution in [1.29, 1.82) is 0 Å². The lowest BCUT2D eigenvalue weighted by molar-refractivity contribution is 0.0761. The molecule has 0 aliphatic carbocycles. The van der Waals surface area contributed by atoms with Gasteiger partial charge in [-0.05, 0) is 35.9 Å². The second-order valence-electron chi connectivity index (χ2n) is 4.68. The highest BCUT2D eigenvalue weighted by Gasteiger charge is 2.18. The summed E-state index contributed by atoms with van der Waals surface area (Å²) in [6.45, 7) is 2.44. The van der Waals surface area contributed by atoms with Crippen LogP contribution in [0.5, 0.6) is 0 Å². The Morgan fingerprint density at radius 1 is 1.10 bits per heavy atom. The van der Waals surface area contributed by atoms with E-state index in [0.29, 0.717) is 0 Å². The minimum atomic E-state index is 0. The third-order valence-electron chi connectivity index (χ3n) is 3.26. The number of rotatable bonds is 3. The van der Waals surface area contributed by atoms with Crippen molar-refractivity contribution in [2.24, 2.45) is 0 Å². The summed E-state index contributed by atoms with van der Waals surface area (Å²) in [6.07, 6.45) is 0. The Morgan fingerprint density at radius 2 is 1.86 bits per heavy atom. The third kappa shape index (κ3) is 4.38. The van der Waals surface area contributed by atoms with E-state index in [2.05, 4.69) is 41.7 Å². The van der Waals surface area contributed by atoms with Crippen LogP contribution >= 0.6 is 35.8 Å². The SMILES string of the molecule is Cl.Clc1ccc(Sc2ccccc2[C@@H]2COCCN2)cc1. The van der Waals surface area contributed by atoms with Crippen LogP contribution < -0.4 is 5.32 Å². The summed E-state index contributed by atoms with van der Waals surface area (Å²) in [6, 6.07) is 16.7. The average molecular weight is 342 g/mol. The molecule has 5 heteroatoms. The smallest absolute Gasteiger partial charge is 0.0662 e. The predicted octanol–water partition coefficient (Wildman–Crippen LogP) is 4.57. The van der Waals surface area contributed by atoms with Crippen molar-refractivity contribution in [2.45, 2.75) is 15.8 Å². The lowest BCUT2D eigenvalue weighted by Gasteiger charge is -2.25. The molecule has 1 N–H and O–H groups in total. The molecule has 0 spiro atoms. The van der Waals surface area contributed by atoms with Gasteiger partial charge in [-0.2, -0.15) is 0 Å². The first-order valence-corrected chi connectivity index (χ1v) is 7.86.